The molecule has 1 aromatic heterocycles. The van der Waals surface area contributed by atoms with Crippen LogP contribution in [0.3, 0.4) is 0 Å². The number of halogens is 1. The smallest absolute Gasteiger partial charge is 0.198 e. The van der Waals surface area contributed by atoms with E-state index in [1.165, 1.54) is 12.1 Å². The Balaban J connectivity index is 1.25. The van der Waals surface area contributed by atoms with Gasteiger partial charge in [-0.25, -0.2) is 9.07 Å². The lowest BCUT2D eigenvalue weighted by atomic mass is 10.2. The molecular weight excluding hydrogens is 417 g/mol. The highest BCUT2D eigenvalue weighted by molar-refractivity contribution is 7.71. The van der Waals surface area contributed by atoms with Crippen molar-refractivity contribution in [3.8, 4) is 11.5 Å². The Hall–Kier alpha value is -2.91. The van der Waals surface area contributed by atoms with Gasteiger partial charge in [0.15, 0.2) is 28.2 Å². The molecule has 3 aromatic rings. The van der Waals surface area contributed by atoms with E-state index >= 15 is 0 Å². The Morgan fingerprint density at radius 2 is 1.74 bits per heavy atom. The lowest BCUT2D eigenvalue weighted by molar-refractivity contribution is 0.0820. The van der Waals surface area contributed by atoms with Crippen LogP contribution in [0.4, 0.5) is 10.1 Å². The van der Waals surface area contributed by atoms with E-state index in [0.29, 0.717) is 18.0 Å². The summed E-state index contributed by atoms with van der Waals surface area (Å²) in [5.74, 6) is 2.01. The molecular formula is C22H24FN5O2S. The predicted octanol–water partition coefficient (Wildman–Crippen LogP) is 3.38. The molecule has 1 saturated heterocycles. The first-order chi connectivity index (χ1) is 15.1. The van der Waals surface area contributed by atoms with Gasteiger partial charge in [-0.05, 0) is 48.6 Å². The zero-order chi connectivity index (χ0) is 21.4. The third-order valence-electron chi connectivity index (χ3n) is 5.77. The van der Waals surface area contributed by atoms with Gasteiger partial charge in [-0.1, -0.05) is 12.1 Å². The third-order valence-corrected chi connectivity index (χ3v) is 6.25. The number of ether oxygens (including phenoxy) is 2. The Bertz CT molecular complexity index is 1120. The van der Waals surface area contributed by atoms with Crippen LogP contribution < -0.4 is 14.4 Å². The lowest BCUT2D eigenvalue weighted by Gasteiger charge is -2.35. The monoisotopic (exact) mass is 441 g/mol. The highest BCUT2D eigenvalue weighted by Crippen LogP contribution is 2.35. The van der Waals surface area contributed by atoms with E-state index in [2.05, 4.69) is 9.80 Å². The summed E-state index contributed by atoms with van der Waals surface area (Å²) in [5, 5.41) is 4.76. The van der Waals surface area contributed by atoms with E-state index in [1.54, 1.807) is 0 Å². The van der Waals surface area contributed by atoms with Crippen LogP contribution in [-0.2, 0) is 13.7 Å². The highest BCUT2D eigenvalue weighted by atomic mass is 32.1. The number of para-hydroxylation sites is 2. The first-order valence-corrected chi connectivity index (χ1v) is 10.7. The second-order valence-electron chi connectivity index (χ2n) is 7.79. The zero-order valence-electron chi connectivity index (χ0n) is 17.3. The largest absolute Gasteiger partial charge is 0.485 e. The summed E-state index contributed by atoms with van der Waals surface area (Å²) in [5.41, 5.74) is 1.05. The number of piperazine rings is 1. The fraction of sp³-hybridized carbons (Fsp3) is 0.364. The third kappa shape index (κ3) is 4.03. The van der Waals surface area contributed by atoms with E-state index in [0.717, 1.165) is 49.2 Å². The van der Waals surface area contributed by atoms with E-state index in [4.69, 9.17) is 26.8 Å². The van der Waals surface area contributed by atoms with E-state index in [9.17, 15) is 4.39 Å². The Morgan fingerprint density at radius 3 is 2.48 bits per heavy atom. The number of fused-ring (bicyclic) bond motifs is 1. The minimum atomic E-state index is -0.307. The molecule has 2 aromatic carbocycles. The molecule has 2 aliphatic heterocycles. The van der Waals surface area contributed by atoms with Crippen LogP contribution in [0.2, 0.25) is 0 Å². The standard InChI is InChI=1S/C22H24FN5O2S/c1-25-21(20-14-29-18-4-2-3-5-19(18)30-20)24-28(22(25)31)15-26-10-12-27(13-11-26)17-8-6-16(23)7-9-17/h2-9,20H,10-15H2,1H3. The molecule has 1 atom stereocenters. The molecule has 1 unspecified atom stereocenters. The first kappa shape index (κ1) is 20.0. The summed E-state index contributed by atoms with van der Waals surface area (Å²) in [4.78, 5) is 4.59. The van der Waals surface area contributed by atoms with Gasteiger partial charge in [-0.15, -0.1) is 0 Å². The van der Waals surface area contributed by atoms with Gasteiger partial charge in [-0.3, -0.25) is 4.90 Å². The average molecular weight is 442 g/mol. The topological polar surface area (TPSA) is 47.7 Å². The molecule has 7 nitrogen and oxygen atoms in total. The molecule has 0 aliphatic carbocycles. The second kappa shape index (κ2) is 8.32. The number of rotatable bonds is 4. The summed E-state index contributed by atoms with van der Waals surface area (Å²) >= 11 is 5.64. The Kier molecular flexibility index (Phi) is 5.37. The van der Waals surface area contributed by atoms with Crippen molar-refractivity contribution < 1.29 is 13.9 Å². The number of aromatic nitrogens is 3. The number of nitrogens with zero attached hydrogens (tertiary/aromatic N) is 5. The molecule has 9 heteroatoms. The molecule has 0 bridgehead atoms. The molecule has 162 valence electrons. The molecule has 0 spiro atoms. The minimum Gasteiger partial charge on any atom is -0.485 e. The van der Waals surface area contributed by atoms with Crippen molar-refractivity contribution in [1.82, 2.24) is 19.2 Å². The van der Waals surface area contributed by atoms with Gasteiger partial charge in [-0.2, -0.15) is 5.10 Å². The summed E-state index contributed by atoms with van der Waals surface area (Å²) in [6.07, 6.45) is -0.307. The highest BCUT2D eigenvalue weighted by Gasteiger charge is 2.28. The molecule has 0 saturated carbocycles. The number of hydrogen-bond donors (Lipinski definition) is 0. The van der Waals surface area contributed by atoms with Crippen molar-refractivity contribution in [2.24, 2.45) is 7.05 Å². The fourth-order valence-corrected chi connectivity index (χ4v) is 4.20. The molecule has 0 N–H and O–H groups in total. The van der Waals surface area contributed by atoms with Crippen LogP contribution in [0.25, 0.3) is 0 Å². The van der Waals surface area contributed by atoms with Crippen molar-refractivity contribution in [1.29, 1.82) is 0 Å². The van der Waals surface area contributed by atoms with E-state index < -0.39 is 0 Å². The molecule has 3 heterocycles. The maximum Gasteiger partial charge on any atom is 0.198 e. The second-order valence-corrected chi connectivity index (χ2v) is 8.15. The van der Waals surface area contributed by atoms with Crippen LogP contribution in [0.5, 0.6) is 11.5 Å². The average Bonchev–Trinajstić information content (AvgIpc) is 3.08. The Morgan fingerprint density at radius 1 is 1.03 bits per heavy atom. The van der Waals surface area contributed by atoms with Crippen LogP contribution in [0, 0.1) is 10.6 Å². The maximum absolute atomic E-state index is 13.2. The van der Waals surface area contributed by atoms with Crippen molar-refractivity contribution in [3.05, 3.63) is 64.9 Å². The van der Waals surface area contributed by atoms with Gasteiger partial charge in [0.2, 0.25) is 0 Å². The summed E-state index contributed by atoms with van der Waals surface area (Å²) in [6, 6.07) is 14.3. The SMILES string of the molecule is Cn1c(C2COc3ccccc3O2)nn(CN2CCN(c3ccc(F)cc3)CC2)c1=S. The van der Waals surface area contributed by atoms with Crippen LogP contribution in [-0.4, -0.2) is 52.0 Å². The molecule has 1 fully saturated rings. The van der Waals surface area contributed by atoms with Crippen molar-refractivity contribution in [2.45, 2.75) is 12.8 Å². The van der Waals surface area contributed by atoms with Crippen LogP contribution in [0.15, 0.2) is 48.5 Å². The molecule has 5 rings (SSSR count). The van der Waals surface area contributed by atoms with Gasteiger partial charge >= 0.3 is 0 Å². The first-order valence-electron chi connectivity index (χ1n) is 10.3. The van der Waals surface area contributed by atoms with Gasteiger partial charge in [0, 0.05) is 38.9 Å². The van der Waals surface area contributed by atoms with Crippen molar-refractivity contribution in [2.75, 3.05) is 37.7 Å². The van der Waals surface area contributed by atoms with Crippen molar-refractivity contribution >= 4 is 17.9 Å². The van der Waals surface area contributed by atoms with Crippen LogP contribution in [0.1, 0.15) is 11.9 Å². The molecule has 0 amide bonds. The minimum absolute atomic E-state index is 0.210. The molecule has 0 radical (unpaired) electrons. The van der Waals surface area contributed by atoms with Crippen molar-refractivity contribution in [3.63, 3.8) is 0 Å². The number of anilines is 1. The number of benzene rings is 2. The van der Waals surface area contributed by atoms with Gasteiger partial charge in [0.1, 0.15) is 12.4 Å². The number of hydrogen-bond acceptors (Lipinski definition) is 6. The lowest BCUT2D eigenvalue weighted by Crippen LogP contribution is -2.47. The van der Waals surface area contributed by atoms with Gasteiger partial charge < -0.3 is 18.9 Å². The predicted molar refractivity (Wildman–Crippen MR) is 118 cm³/mol. The van der Waals surface area contributed by atoms with Gasteiger partial charge in [0.25, 0.3) is 0 Å². The summed E-state index contributed by atoms with van der Waals surface area (Å²) < 4.78 is 29.5. The summed E-state index contributed by atoms with van der Waals surface area (Å²) in [6.45, 7) is 4.51. The maximum atomic E-state index is 13.2. The van der Waals surface area contributed by atoms with Crippen LogP contribution >= 0.6 is 12.2 Å². The quantitative estimate of drug-likeness (QED) is 0.579. The normalized spacial score (nSPS) is 18.9. The van der Waals surface area contributed by atoms with E-state index in [1.807, 2.05) is 52.7 Å². The Labute approximate surface area is 185 Å². The molecule has 31 heavy (non-hydrogen) atoms. The zero-order valence-corrected chi connectivity index (χ0v) is 18.1. The van der Waals surface area contributed by atoms with E-state index in [-0.39, 0.29) is 11.9 Å². The fourth-order valence-electron chi connectivity index (χ4n) is 4.01. The van der Waals surface area contributed by atoms with Gasteiger partial charge in [0.05, 0.1) is 6.67 Å². The summed E-state index contributed by atoms with van der Waals surface area (Å²) in [7, 11) is 1.91. The molecule has 2 aliphatic rings.